The summed E-state index contributed by atoms with van der Waals surface area (Å²) in [5.41, 5.74) is 2.30. The summed E-state index contributed by atoms with van der Waals surface area (Å²) < 4.78 is 7.35. The molecule has 0 bridgehead atoms. The van der Waals surface area contributed by atoms with Gasteiger partial charge in [-0.3, -0.25) is 14.3 Å². The standard InChI is InChI=1S/C23H20N4O3/c1-16-6-9-18(10-7-16)30-23-11-8-17(14-24-23)26-22(29)12-13-27-20-5-3-2-4-19(20)21(28)15-25-27/h2-11,14-15H,12-13H2,1H3,(H,26,29). The average molecular weight is 400 g/mol. The summed E-state index contributed by atoms with van der Waals surface area (Å²) in [5.74, 6) is 0.972. The van der Waals surface area contributed by atoms with Crippen LogP contribution in [0.3, 0.4) is 0 Å². The number of rotatable bonds is 6. The molecule has 30 heavy (non-hydrogen) atoms. The van der Waals surface area contributed by atoms with Crippen LogP contribution in [0.5, 0.6) is 11.6 Å². The Balaban J connectivity index is 1.36. The van der Waals surface area contributed by atoms with Crippen LogP contribution in [0.25, 0.3) is 10.9 Å². The Labute approximate surface area is 173 Å². The number of amides is 1. The van der Waals surface area contributed by atoms with Gasteiger partial charge in [0.1, 0.15) is 5.75 Å². The number of aromatic nitrogens is 3. The highest BCUT2D eigenvalue weighted by Gasteiger charge is 2.08. The molecule has 150 valence electrons. The van der Waals surface area contributed by atoms with Gasteiger partial charge in [0.2, 0.25) is 17.2 Å². The first-order valence-electron chi connectivity index (χ1n) is 9.54. The van der Waals surface area contributed by atoms with Crippen LogP contribution in [0.4, 0.5) is 5.69 Å². The Kier molecular flexibility index (Phi) is 5.52. The van der Waals surface area contributed by atoms with Crippen LogP contribution in [0.2, 0.25) is 0 Å². The lowest BCUT2D eigenvalue weighted by atomic mass is 10.2. The molecule has 0 aliphatic rings. The SMILES string of the molecule is Cc1ccc(Oc2ccc(NC(=O)CCn3ncc(=O)c4ccccc43)cn2)cc1. The zero-order valence-corrected chi connectivity index (χ0v) is 16.4. The van der Waals surface area contributed by atoms with E-state index in [1.54, 1.807) is 35.1 Å². The molecule has 0 fully saturated rings. The summed E-state index contributed by atoms with van der Waals surface area (Å²) in [6.45, 7) is 2.37. The number of fused-ring (bicyclic) bond motifs is 1. The first-order chi connectivity index (χ1) is 14.6. The normalized spacial score (nSPS) is 10.7. The maximum Gasteiger partial charge on any atom is 0.226 e. The van der Waals surface area contributed by atoms with Gasteiger partial charge in [-0.15, -0.1) is 0 Å². The molecular weight excluding hydrogens is 380 g/mol. The van der Waals surface area contributed by atoms with Gasteiger partial charge in [-0.05, 0) is 37.3 Å². The molecule has 0 radical (unpaired) electrons. The predicted molar refractivity (Wildman–Crippen MR) is 115 cm³/mol. The fraction of sp³-hybridized carbons (Fsp3) is 0.130. The van der Waals surface area contributed by atoms with Crippen LogP contribution in [-0.4, -0.2) is 20.7 Å². The lowest BCUT2D eigenvalue weighted by Gasteiger charge is -2.10. The zero-order valence-electron chi connectivity index (χ0n) is 16.4. The van der Waals surface area contributed by atoms with Gasteiger partial charge in [-0.25, -0.2) is 4.98 Å². The molecule has 0 saturated carbocycles. The van der Waals surface area contributed by atoms with Crippen molar-refractivity contribution in [3.8, 4) is 11.6 Å². The van der Waals surface area contributed by atoms with Crippen molar-refractivity contribution in [2.45, 2.75) is 19.9 Å². The molecule has 2 heterocycles. The number of benzene rings is 2. The predicted octanol–water partition coefficient (Wildman–Crippen LogP) is 3.92. The van der Waals surface area contributed by atoms with E-state index in [-0.39, 0.29) is 17.8 Å². The number of para-hydroxylation sites is 1. The minimum atomic E-state index is -0.173. The van der Waals surface area contributed by atoms with E-state index >= 15 is 0 Å². The van der Waals surface area contributed by atoms with Crippen LogP contribution in [0.15, 0.2) is 77.9 Å². The van der Waals surface area contributed by atoms with Gasteiger partial charge in [0.05, 0.1) is 30.1 Å². The van der Waals surface area contributed by atoms with Crippen molar-refractivity contribution in [3.05, 3.63) is 88.8 Å². The minimum absolute atomic E-state index is 0.134. The molecule has 0 aliphatic heterocycles. The van der Waals surface area contributed by atoms with Crippen LogP contribution in [-0.2, 0) is 11.3 Å². The fourth-order valence-electron chi connectivity index (χ4n) is 3.01. The van der Waals surface area contributed by atoms with Gasteiger partial charge in [0.25, 0.3) is 0 Å². The molecule has 0 spiro atoms. The quantitative estimate of drug-likeness (QED) is 0.530. The Hall–Kier alpha value is -4.00. The van der Waals surface area contributed by atoms with E-state index in [9.17, 15) is 9.59 Å². The molecule has 4 rings (SSSR count). The van der Waals surface area contributed by atoms with E-state index in [2.05, 4.69) is 15.4 Å². The molecule has 7 heteroatoms. The van der Waals surface area contributed by atoms with E-state index in [0.29, 0.717) is 34.8 Å². The second-order valence-electron chi connectivity index (χ2n) is 6.85. The Bertz CT molecular complexity index is 1230. The van der Waals surface area contributed by atoms with Gasteiger partial charge < -0.3 is 10.1 Å². The number of pyridine rings is 1. The van der Waals surface area contributed by atoms with Gasteiger partial charge in [-0.2, -0.15) is 5.10 Å². The molecule has 0 aliphatic carbocycles. The number of nitrogens with one attached hydrogen (secondary N) is 1. The number of aryl methyl sites for hydroxylation is 2. The van der Waals surface area contributed by atoms with Crippen LogP contribution >= 0.6 is 0 Å². The molecule has 1 N–H and O–H groups in total. The van der Waals surface area contributed by atoms with Crippen molar-refractivity contribution >= 4 is 22.5 Å². The second kappa shape index (κ2) is 8.57. The number of ether oxygens (including phenoxy) is 1. The van der Waals surface area contributed by atoms with E-state index < -0.39 is 0 Å². The van der Waals surface area contributed by atoms with Crippen molar-refractivity contribution in [1.82, 2.24) is 14.8 Å². The molecular formula is C23H20N4O3. The highest BCUT2D eigenvalue weighted by Crippen LogP contribution is 2.21. The molecule has 7 nitrogen and oxygen atoms in total. The maximum atomic E-state index is 12.3. The largest absolute Gasteiger partial charge is 0.439 e. The van der Waals surface area contributed by atoms with E-state index in [0.717, 1.165) is 5.56 Å². The Morgan fingerprint density at radius 1 is 1.03 bits per heavy atom. The van der Waals surface area contributed by atoms with Crippen molar-refractivity contribution in [3.63, 3.8) is 0 Å². The van der Waals surface area contributed by atoms with Crippen LogP contribution < -0.4 is 15.5 Å². The summed E-state index contributed by atoms with van der Waals surface area (Å²) in [5, 5.41) is 7.53. The summed E-state index contributed by atoms with van der Waals surface area (Å²) in [6, 6.07) is 18.3. The first kappa shape index (κ1) is 19.3. The smallest absolute Gasteiger partial charge is 0.226 e. The number of anilines is 1. The highest BCUT2D eigenvalue weighted by molar-refractivity contribution is 5.90. The van der Waals surface area contributed by atoms with Crippen LogP contribution in [0.1, 0.15) is 12.0 Å². The second-order valence-corrected chi connectivity index (χ2v) is 6.85. The van der Waals surface area contributed by atoms with Gasteiger partial charge >= 0.3 is 0 Å². The van der Waals surface area contributed by atoms with Gasteiger partial charge in [-0.1, -0.05) is 29.8 Å². The molecule has 1 amide bonds. The average Bonchev–Trinajstić information content (AvgIpc) is 2.76. The lowest BCUT2D eigenvalue weighted by Crippen LogP contribution is -2.18. The summed E-state index contributed by atoms with van der Waals surface area (Å²) in [6.07, 6.45) is 3.03. The number of nitrogens with zero attached hydrogens (tertiary/aromatic N) is 3. The zero-order chi connectivity index (χ0) is 20.9. The van der Waals surface area contributed by atoms with Crippen molar-refractivity contribution in [2.75, 3.05) is 5.32 Å². The Morgan fingerprint density at radius 3 is 2.60 bits per heavy atom. The topological polar surface area (TPSA) is 86.1 Å². The van der Waals surface area contributed by atoms with E-state index in [1.807, 2.05) is 43.3 Å². The Morgan fingerprint density at radius 2 is 1.83 bits per heavy atom. The highest BCUT2D eigenvalue weighted by atomic mass is 16.5. The number of hydrogen-bond donors (Lipinski definition) is 1. The van der Waals surface area contributed by atoms with Gasteiger partial charge in [0, 0.05) is 17.9 Å². The summed E-state index contributed by atoms with van der Waals surface area (Å²) >= 11 is 0. The third kappa shape index (κ3) is 4.52. The molecule has 0 saturated heterocycles. The number of carbonyl (C=O) groups is 1. The van der Waals surface area contributed by atoms with E-state index in [1.165, 1.54) is 6.20 Å². The van der Waals surface area contributed by atoms with Crippen molar-refractivity contribution < 1.29 is 9.53 Å². The van der Waals surface area contributed by atoms with E-state index in [4.69, 9.17) is 4.74 Å². The molecule has 2 aromatic heterocycles. The molecule has 0 atom stereocenters. The minimum Gasteiger partial charge on any atom is -0.439 e. The molecule has 4 aromatic rings. The third-order valence-electron chi connectivity index (χ3n) is 4.58. The van der Waals surface area contributed by atoms with Crippen molar-refractivity contribution in [2.24, 2.45) is 0 Å². The summed E-state index contributed by atoms with van der Waals surface area (Å²) in [7, 11) is 0. The first-order valence-corrected chi connectivity index (χ1v) is 9.54. The monoisotopic (exact) mass is 400 g/mol. The van der Waals surface area contributed by atoms with Crippen LogP contribution in [0, 0.1) is 6.92 Å². The maximum absolute atomic E-state index is 12.3. The molecule has 2 aromatic carbocycles. The molecule has 0 unspecified atom stereocenters. The van der Waals surface area contributed by atoms with Gasteiger partial charge in [0.15, 0.2) is 0 Å². The van der Waals surface area contributed by atoms with Crippen molar-refractivity contribution in [1.29, 1.82) is 0 Å². The number of carbonyl (C=O) groups excluding carboxylic acids is 1. The lowest BCUT2D eigenvalue weighted by molar-refractivity contribution is -0.116. The summed E-state index contributed by atoms with van der Waals surface area (Å²) in [4.78, 5) is 28.4. The number of hydrogen-bond acceptors (Lipinski definition) is 5. The third-order valence-corrected chi connectivity index (χ3v) is 4.58. The fourth-order valence-corrected chi connectivity index (χ4v) is 3.01.